The normalized spacial score (nSPS) is 12.5. The number of benzene rings is 2. The molecule has 0 aliphatic carbocycles. The van der Waals surface area contributed by atoms with Gasteiger partial charge in [0.2, 0.25) is 10.0 Å². The lowest BCUT2D eigenvalue weighted by molar-refractivity contribution is -0.122. The average Bonchev–Trinajstić information content (AvgIpc) is 2.62. The van der Waals surface area contributed by atoms with Gasteiger partial charge in [0, 0.05) is 12.7 Å². The standard InChI is InChI=1S/C21H28N2O4S/c1-14(2)19-9-7-8-15(3)20(19)22-21(24)16(4)27-18-12-10-17(11-13-18)23(5)28(6,25)26/h7-14,16H,1-6H3,(H,22,24)/t16-/m0/s1. The van der Waals surface area contributed by atoms with Crippen molar-refractivity contribution in [3.63, 3.8) is 0 Å². The van der Waals surface area contributed by atoms with Gasteiger partial charge in [-0.2, -0.15) is 0 Å². The molecule has 0 radical (unpaired) electrons. The highest BCUT2D eigenvalue weighted by atomic mass is 32.2. The summed E-state index contributed by atoms with van der Waals surface area (Å²) in [5.74, 6) is 0.529. The van der Waals surface area contributed by atoms with Gasteiger partial charge in [-0.15, -0.1) is 0 Å². The summed E-state index contributed by atoms with van der Waals surface area (Å²) in [6.07, 6.45) is 0.430. The van der Waals surface area contributed by atoms with E-state index in [0.29, 0.717) is 11.4 Å². The molecule has 1 atom stereocenters. The second-order valence-corrected chi connectivity index (χ2v) is 9.18. The third kappa shape index (κ3) is 5.25. The van der Waals surface area contributed by atoms with Crippen LogP contribution in [0, 0.1) is 6.92 Å². The first-order valence-electron chi connectivity index (χ1n) is 9.11. The molecule has 2 aromatic carbocycles. The zero-order valence-corrected chi connectivity index (χ0v) is 18.0. The topological polar surface area (TPSA) is 75.7 Å². The molecule has 2 aromatic rings. The molecule has 0 fully saturated rings. The molecule has 7 heteroatoms. The predicted molar refractivity (Wildman–Crippen MR) is 114 cm³/mol. The minimum Gasteiger partial charge on any atom is -0.481 e. The molecular weight excluding hydrogens is 376 g/mol. The third-order valence-electron chi connectivity index (χ3n) is 4.56. The Labute approximate surface area is 167 Å². The molecule has 6 nitrogen and oxygen atoms in total. The highest BCUT2D eigenvalue weighted by Gasteiger charge is 2.19. The number of ether oxygens (including phenoxy) is 1. The van der Waals surface area contributed by atoms with E-state index in [-0.39, 0.29) is 11.8 Å². The van der Waals surface area contributed by atoms with Crippen LogP contribution in [0.25, 0.3) is 0 Å². The van der Waals surface area contributed by atoms with Crippen molar-refractivity contribution in [3.8, 4) is 5.75 Å². The van der Waals surface area contributed by atoms with E-state index in [1.807, 2.05) is 25.1 Å². The molecule has 0 spiro atoms. The van der Waals surface area contributed by atoms with Crippen LogP contribution in [0.2, 0.25) is 0 Å². The fourth-order valence-corrected chi connectivity index (χ4v) is 3.26. The minimum absolute atomic E-state index is 0.242. The smallest absolute Gasteiger partial charge is 0.265 e. The summed E-state index contributed by atoms with van der Waals surface area (Å²) >= 11 is 0. The number of aryl methyl sites for hydroxylation is 1. The van der Waals surface area contributed by atoms with Gasteiger partial charge >= 0.3 is 0 Å². The Hall–Kier alpha value is -2.54. The van der Waals surface area contributed by atoms with Crippen LogP contribution in [0.5, 0.6) is 5.75 Å². The first-order chi connectivity index (χ1) is 13.0. The largest absolute Gasteiger partial charge is 0.481 e. The number of hydrogen-bond acceptors (Lipinski definition) is 4. The highest BCUT2D eigenvalue weighted by molar-refractivity contribution is 7.92. The number of carbonyl (C=O) groups is 1. The van der Waals surface area contributed by atoms with Gasteiger partial charge in [0.1, 0.15) is 5.75 Å². The van der Waals surface area contributed by atoms with Crippen molar-refractivity contribution in [1.82, 2.24) is 0 Å². The van der Waals surface area contributed by atoms with Crippen LogP contribution >= 0.6 is 0 Å². The summed E-state index contributed by atoms with van der Waals surface area (Å²) in [6, 6.07) is 12.5. The van der Waals surface area contributed by atoms with Crippen LogP contribution in [0.3, 0.4) is 0 Å². The van der Waals surface area contributed by atoms with Crippen LogP contribution < -0.4 is 14.4 Å². The van der Waals surface area contributed by atoms with Gasteiger partial charge in [-0.1, -0.05) is 32.0 Å². The summed E-state index contributed by atoms with van der Waals surface area (Å²) in [5, 5.41) is 2.98. The molecule has 0 unspecified atom stereocenters. The van der Waals surface area contributed by atoms with Gasteiger partial charge in [-0.05, 0) is 55.2 Å². The molecule has 0 aromatic heterocycles. The molecule has 1 amide bonds. The van der Waals surface area contributed by atoms with E-state index in [0.717, 1.165) is 23.1 Å². The number of sulfonamides is 1. The number of anilines is 2. The van der Waals surface area contributed by atoms with E-state index in [2.05, 4.69) is 19.2 Å². The first kappa shape index (κ1) is 21.8. The molecule has 28 heavy (non-hydrogen) atoms. The molecule has 0 aliphatic rings. The van der Waals surface area contributed by atoms with E-state index in [4.69, 9.17) is 4.74 Å². The lowest BCUT2D eigenvalue weighted by Gasteiger charge is -2.20. The van der Waals surface area contributed by atoms with Gasteiger partial charge < -0.3 is 10.1 Å². The Kier molecular flexibility index (Phi) is 6.72. The molecule has 2 rings (SSSR count). The fraction of sp³-hybridized carbons (Fsp3) is 0.381. The quantitative estimate of drug-likeness (QED) is 0.759. The van der Waals surface area contributed by atoms with Crippen molar-refractivity contribution in [2.45, 2.75) is 39.7 Å². The molecular formula is C21H28N2O4S. The summed E-state index contributed by atoms with van der Waals surface area (Å²) in [4.78, 5) is 12.6. The first-order valence-corrected chi connectivity index (χ1v) is 11.0. The van der Waals surface area contributed by atoms with E-state index >= 15 is 0 Å². The zero-order chi connectivity index (χ0) is 21.1. The van der Waals surface area contributed by atoms with Crippen molar-refractivity contribution >= 4 is 27.3 Å². The van der Waals surface area contributed by atoms with Crippen LogP contribution in [-0.2, 0) is 14.8 Å². The Morgan fingerprint density at radius 1 is 1.07 bits per heavy atom. The van der Waals surface area contributed by atoms with Crippen molar-refractivity contribution in [2.75, 3.05) is 22.9 Å². The van der Waals surface area contributed by atoms with Crippen molar-refractivity contribution in [2.24, 2.45) is 0 Å². The predicted octanol–water partition coefficient (Wildman–Crippen LogP) is 3.92. The number of para-hydroxylation sites is 1. The molecule has 0 heterocycles. The lowest BCUT2D eigenvalue weighted by atomic mass is 9.98. The van der Waals surface area contributed by atoms with Gasteiger partial charge in [-0.3, -0.25) is 9.10 Å². The Balaban J connectivity index is 2.09. The third-order valence-corrected chi connectivity index (χ3v) is 5.76. The number of nitrogens with one attached hydrogen (secondary N) is 1. The van der Waals surface area contributed by atoms with Crippen molar-refractivity contribution < 1.29 is 17.9 Å². The highest BCUT2D eigenvalue weighted by Crippen LogP contribution is 2.28. The molecule has 1 N–H and O–H groups in total. The molecule has 0 saturated heterocycles. The number of amides is 1. The maximum absolute atomic E-state index is 12.6. The summed E-state index contributed by atoms with van der Waals surface area (Å²) in [6.45, 7) is 7.81. The van der Waals surface area contributed by atoms with E-state index < -0.39 is 16.1 Å². The maximum atomic E-state index is 12.6. The van der Waals surface area contributed by atoms with Crippen LogP contribution in [0.4, 0.5) is 11.4 Å². The number of nitrogens with zero attached hydrogens (tertiary/aromatic N) is 1. The molecule has 0 saturated carbocycles. The fourth-order valence-electron chi connectivity index (χ4n) is 2.75. The monoisotopic (exact) mass is 404 g/mol. The molecule has 152 valence electrons. The van der Waals surface area contributed by atoms with Crippen LogP contribution in [-0.4, -0.2) is 33.7 Å². The molecule has 0 bridgehead atoms. The number of rotatable bonds is 7. The second-order valence-electron chi connectivity index (χ2n) is 7.17. The zero-order valence-electron chi connectivity index (χ0n) is 17.2. The Bertz CT molecular complexity index is 937. The lowest BCUT2D eigenvalue weighted by Crippen LogP contribution is -2.31. The SMILES string of the molecule is Cc1cccc(C(C)C)c1NC(=O)[C@H](C)Oc1ccc(N(C)S(C)(=O)=O)cc1. The maximum Gasteiger partial charge on any atom is 0.265 e. The van der Waals surface area contributed by atoms with Gasteiger partial charge in [0.25, 0.3) is 5.91 Å². The van der Waals surface area contributed by atoms with E-state index in [1.165, 1.54) is 11.4 Å². The summed E-state index contributed by atoms with van der Waals surface area (Å²) < 4.78 is 30.1. The van der Waals surface area contributed by atoms with E-state index in [1.54, 1.807) is 31.2 Å². The van der Waals surface area contributed by atoms with Crippen LogP contribution in [0.15, 0.2) is 42.5 Å². The average molecular weight is 405 g/mol. The van der Waals surface area contributed by atoms with Crippen molar-refractivity contribution in [3.05, 3.63) is 53.6 Å². The van der Waals surface area contributed by atoms with Crippen LogP contribution in [0.1, 0.15) is 37.8 Å². The van der Waals surface area contributed by atoms with Gasteiger partial charge in [0.15, 0.2) is 6.10 Å². The Morgan fingerprint density at radius 2 is 1.68 bits per heavy atom. The van der Waals surface area contributed by atoms with Crippen molar-refractivity contribution in [1.29, 1.82) is 0 Å². The Morgan fingerprint density at radius 3 is 2.21 bits per heavy atom. The van der Waals surface area contributed by atoms with E-state index in [9.17, 15) is 13.2 Å². The summed E-state index contributed by atoms with van der Waals surface area (Å²) in [7, 11) is -1.84. The number of hydrogen-bond donors (Lipinski definition) is 1. The summed E-state index contributed by atoms with van der Waals surface area (Å²) in [5.41, 5.74) is 3.42. The number of carbonyl (C=O) groups excluding carboxylic acids is 1. The van der Waals surface area contributed by atoms with Gasteiger partial charge in [0.05, 0.1) is 11.9 Å². The minimum atomic E-state index is -3.33. The second kappa shape index (κ2) is 8.65. The van der Waals surface area contributed by atoms with Gasteiger partial charge in [-0.25, -0.2) is 8.42 Å². The molecule has 0 aliphatic heterocycles.